The molecule has 9 nitrogen and oxygen atoms in total. The lowest BCUT2D eigenvalue weighted by Crippen LogP contribution is -2.32. The summed E-state index contributed by atoms with van der Waals surface area (Å²) in [4.78, 5) is 12.4. The summed E-state index contributed by atoms with van der Waals surface area (Å²) in [6.07, 6.45) is 0. The van der Waals surface area contributed by atoms with Crippen molar-refractivity contribution in [1.82, 2.24) is 14.5 Å². The summed E-state index contributed by atoms with van der Waals surface area (Å²) >= 11 is 1.18. The van der Waals surface area contributed by atoms with Crippen LogP contribution in [-0.2, 0) is 10.0 Å². The minimum Gasteiger partial charge on any atom is -0.454 e. The molecule has 0 N–H and O–H groups in total. The van der Waals surface area contributed by atoms with Gasteiger partial charge in [-0.1, -0.05) is 23.9 Å². The maximum atomic E-state index is 12.5. The van der Waals surface area contributed by atoms with Gasteiger partial charge in [-0.2, -0.15) is 0 Å². The van der Waals surface area contributed by atoms with Gasteiger partial charge >= 0.3 is 0 Å². The number of thioether (sulfide) groups is 1. The van der Waals surface area contributed by atoms with E-state index in [0.29, 0.717) is 23.0 Å². The van der Waals surface area contributed by atoms with E-state index in [1.165, 1.54) is 23.9 Å². The maximum absolute atomic E-state index is 12.5. The summed E-state index contributed by atoms with van der Waals surface area (Å²) in [6.45, 7) is 0.175. The minimum absolute atomic E-state index is 0.00223. The molecule has 0 radical (unpaired) electrons. The first-order valence-electron chi connectivity index (χ1n) is 8.56. The molecule has 29 heavy (non-hydrogen) atoms. The van der Waals surface area contributed by atoms with E-state index in [0.717, 1.165) is 4.31 Å². The molecule has 2 aliphatic rings. The zero-order valence-electron chi connectivity index (χ0n) is 14.8. The van der Waals surface area contributed by atoms with Crippen LogP contribution in [0.2, 0.25) is 0 Å². The van der Waals surface area contributed by atoms with Crippen LogP contribution in [0.1, 0.15) is 10.4 Å². The van der Waals surface area contributed by atoms with Crippen molar-refractivity contribution in [3.63, 3.8) is 0 Å². The van der Waals surface area contributed by atoms with Gasteiger partial charge < -0.3 is 13.9 Å². The molecule has 3 aromatic rings. The average molecular weight is 431 g/mol. The Morgan fingerprint density at radius 2 is 1.90 bits per heavy atom. The predicted octanol–water partition coefficient (Wildman–Crippen LogP) is 2.40. The van der Waals surface area contributed by atoms with Crippen molar-refractivity contribution >= 4 is 27.7 Å². The number of aromatic nitrogens is 2. The van der Waals surface area contributed by atoms with Crippen LogP contribution in [0.25, 0.3) is 11.5 Å². The first-order valence-corrected chi connectivity index (χ1v) is 11.0. The molecule has 11 heteroatoms. The van der Waals surface area contributed by atoms with E-state index in [-0.39, 0.29) is 34.8 Å². The molecule has 0 unspecified atom stereocenters. The molecule has 2 aromatic carbocycles. The van der Waals surface area contributed by atoms with Gasteiger partial charge in [-0.3, -0.25) is 4.79 Å². The van der Waals surface area contributed by atoms with Crippen LogP contribution >= 0.6 is 11.8 Å². The normalized spacial score (nSPS) is 16.3. The maximum Gasteiger partial charge on any atom is 0.276 e. The van der Waals surface area contributed by atoms with Crippen molar-refractivity contribution in [2.24, 2.45) is 0 Å². The van der Waals surface area contributed by atoms with Gasteiger partial charge in [0.2, 0.25) is 12.7 Å². The van der Waals surface area contributed by atoms with Crippen LogP contribution in [0.15, 0.2) is 57.0 Å². The quantitative estimate of drug-likeness (QED) is 0.562. The SMILES string of the molecule is O=C1c2ccccc2S(=O)(=O)N1CCSc1nnc(-c2ccc3c(c2)OCO3)o1. The number of amides is 1. The van der Waals surface area contributed by atoms with E-state index < -0.39 is 15.9 Å². The molecule has 1 amide bonds. The molecule has 5 rings (SSSR count). The van der Waals surface area contributed by atoms with Gasteiger partial charge in [0.15, 0.2) is 11.5 Å². The molecule has 148 valence electrons. The number of hydrogen-bond donors (Lipinski definition) is 0. The molecule has 1 aromatic heterocycles. The second-order valence-electron chi connectivity index (χ2n) is 6.17. The highest BCUT2D eigenvalue weighted by atomic mass is 32.2. The summed E-state index contributed by atoms with van der Waals surface area (Å²) < 4.78 is 42.2. The topological polar surface area (TPSA) is 112 Å². The van der Waals surface area contributed by atoms with Gasteiger partial charge in [0.05, 0.1) is 5.56 Å². The van der Waals surface area contributed by atoms with Crippen LogP contribution in [0.4, 0.5) is 0 Å². The molecule has 3 heterocycles. The Labute approximate surface area is 169 Å². The second-order valence-corrected chi connectivity index (χ2v) is 9.05. The highest BCUT2D eigenvalue weighted by Gasteiger charge is 2.40. The van der Waals surface area contributed by atoms with Crippen LogP contribution in [0.5, 0.6) is 11.5 Å². The number of carbonyl (C=O) groups is 1. The number of ether oxygens (including phenoxy) is 2. The number of carbonyl (C=O) groups excluding carboxylic acids is 1. The summed E-state index contributed by atoms with van der Waals surface area (Å²) in [5.74, 6) is 1.32. The Balaban J connectivity index is 1.26. The van der Waals surface area contributed by atoms with Gasteiger partial charge in [-0.15, -0.1) is 10.2 Å². The van der Waals surface area contributed by atoms with E-state index in [1.807, 2.05) is 0 Å². The Hall–Kier alpha value is -3.05. The monoisotopic (exact) mass is 431 g/mol. The Morgan fingerprint density at radius 1 is 1.07 bits per heavy atom. The smallest absolute Gasteiger partial charge is 0.276 e. The minimum atomic E-state index is -3.82. The highest BCUT2D eigenvalue weighted by molar-refractivity contribution is 7.99. The van der Waals surface area contributed by atoms with Crippen molar-refractivity contribution in [2.45, 2.75) is 10.1 Å². The Bertz CT molecular complexity index is 1220. The van der Waals surface area contributed by atoms with Crippen molar-refractivity contribution in [2.75, 3.05) is 19.1 Å². The Morgan fingerprint density at radius 3 is 2.76 bits per heavy atom. The largest absolute Gasteiger partial charge is 0.454 e. The number of fused-ring (bicyclic) bond motifs is 2. The fraction of sp³-hybridized carbons (Fsp3) is 0.167. The lowest BCUT2D eigenvalue weighted by molar-refractivity contribution is 0.0876. The van der Waals surface area contributed by atoms with Crippen LogP contribution < -0.4 is 9.47 Å². The van der Waals surface area contributed by atoms with Gasteiger partial charge in [0.25, 0.3) is 21.2 Å². The summed E-state index contributed by atoms with van der Waals surface area (Å²) in [5, 5.41) is 8.25. The number of sulfonamides is 1. The highest BCUT2D eigenvalue weighted by Crippen LogP contribution is 2.36. The molecule has 0 atom stereocenters. The molecule has 0 saturated carbocycles. The summed E-state index contributed by atoms with van der Waals surface area (Å²) in [6, 6.07) is 11.5. The number of nitrogens with zero attached hydrogens (tertiary/aromatic N) is 3. The molecule has 0 aliphatic carbocycles. The fourth-order valence-electron chi connectivity index (χ4n) is 3.08. The summed E-state index contributed by atoms with van der Waals surface area (Å²) in [5.41, 5.74) is 0.877. The lowest BCUT2D eigenvalue weighted by Gasteiger charge is -2.13. The van der Waals surface area contributed by atoms with Crippen molar-refractivity contribution in [3.8, 4) is 23.0 Å². The van der Waals surface area contributed by atoms with E-state index in [4.69, 9.17) is 13.9 Å². The van der Waals surface area contributed by atoms with Crippen molar-refractivity contribution < 1.29 is 27.1 Å². The van der Waals surface area contributed by atoms with Crippen molar-refractivity contribution in [1.29, 1.82) is 0 Å². The third-order valence-corrected chi connectivity index (χ3v) is 7.10. The van der Waals surface area contributed by atoms with Crippen molar-refractivity contribution in [3.05, 3.63) is 48.0 Å². The fourth-order valence-corrected chi connectivity index (χ4v) is 5.45. The molecular weight excluding hydrogens is 418 g/mol. The Kier molecular flexibility index (Phi) is 4.21. The standard InChI is InChI=1S/C18H13N3O6S2/c22-17-12-3-1-2-4-15(12)29(23,24)21(17)7-8-28-18-20-19-16(27-18)11-5-6-13-14(9-11)26-10-25-13/h1-6,9H,7-8,10H2. The molecule has 0 bridgehead atoms. The predicted molar refractivity (Wildman–Crippen MR) is 101 cm³/mol. The van der Waals surface area contributed by atoms with Crippen LogP contribution in [-0.4, -0.2) is 47.9 Å². The van der Waals surface area contributed by atoms with E-state index in [2.05, 4.69) is 10.2 Å². The molecule has 0 saturated heterocycles. The first kappa shape index (κ1) is 18.0. The molecule has 0 spiro atoms. The third kappa shape index (κ3) is 3.02. The van der Waals surface area contributed by atoms with Gasteiger partial charge in [0, 0.05) is 17.9 Å². The van der Waals surface area contributed by atoms with Gasteiger partial charge in [0.1, 0.15) is 4.90 Å². The van der Waals surface area contributed by atoms with Crippen LogP contribution in [0.3, 0.4) is 0 Å². The first-order chi connectivity index (χ1) is 14.0. The second kappa shape index (κ2) is 6.78. The molecular formula is C18H13N3O6S2. The van der Waals surface area contributed by atoms with Crippen LogP contribution in [0, 0.1) is 0 Å². The number of rotatable bonds is 5. The zero-order chi connectivity index (χ0) is 20.0. The average Bonchev–Trinajstić information content (AvgIpc) is 3.42. The molecule has 0 fully saturated rings. The summed E-state index contributed by atoms with van der Waals surface area (Å²) in [7, 11) is -3.82. The lowest BCUT2D eigenvalue weighted by atomic mass is 10.2. The van der Waals surface area contributed by atoms with Gasteiger partial charge in [-0.25, -0.2) is 12.7 Å². The third-order valence-electron chi connectivity index (χ3n) is 4.46. The molecule has 2 aliphatic heterocycles. The van der Waals surface area contributed by atoms with E-state index in [1.54, 1.807) is 30.3 Å². The van der Waals surface area contributed by atoms with E-state index >= 15 is 0 Å². The zero-order valence-corrected chi connectivity index (χ0v) is 16.4. The van der Waals surface area contributed by atoms with E-state index in [9.17, 15) is 13.2 Å². The number of benzene rings is 2. The van der Waals surface area contributed by atoms with Gasteiger partial charge in [-0.05, 0) is 30.3 Å². The number of hydrogen-bond acceptors (Lipinski definition) is 9.